The van der Waals surface area contributed by atoms with Gasteiger partial charge in [-0.25, -0.2) is 13.2 Å². The van der Waals surface area contributed by atoms with Crippen LogP contribution in [0.15, 0.2) is 0 Å². The zero-order chi connectivity index (χ0) is 22.0. The van der Waals surface area contributed by atoms with E-state index in [0.29, 0.717) is 15.8 Å². The molecule has 0 aliphatic carbocycles. The topological polar surface area (TPSA) is 0 Å². The molecule has 9 heteroatoms. The van der Waals surface area contributed by atoms with Crippen molar-refractivity contribution in [2.24, 2.45) is 0 Å². The predicted octanol–water partition coefficient (Wildman–Crippen LogP) is 8.08. The first-order chi connectivity index (χ1) is 12.7. The van der Waals surface area contributed by atoms with Crippen molar-refractivity contribution >= 4 is 30.1 Å². The number of halogens is 6. The standard InChI is InChI=1S/C6F5.2C6H15P.BrH.Ni/c7-2-1-3(8)5(10)6(11)4(2)9;2*1-4-7(5-2)6-3;;/h;2*4-6H2,1-3H3;1H;/q-1;;;;+1/p-1. The summed E-state index contributed by atoms with van der Waals surface area (Å²) in [4.78, 5) is 0. The summed E-state index contributed by atoms with van der Waals surface area (Å²) in [5.41, 5.74) is 0. The molecule has 0 amide bonds. The minimum atomic E-state index is -2.17. The Morgan fingerprint density at radius 1 is 0.593 bits per heavy atom. The molecule has 1 aromatic carbocycles. The van der Waals surface area contributed by atoms with Crippen LogP contribution in [-0.2, 0) is 13.7 Å². The van der Waals surface area contributed by atoms with Crippen molar-refractivity contribution in [1.82, 2.24) is 0 Å². The first-order valence-corrected chi connectivity index (χ1v) is 14.9. The molecule has 0 spiro atoms. The van der Waals surface area contributed by atoms with Gasteiger partial charge in [-0.2, -0.15) is 0 Å². The number of hydrogen-bond acceptors (Lipinski definition) is 0. The molecule has 0 saturated heterocycles. The summed E-state index contributed by atoms with van der Waals surface area (Å²) in [6.45, 7) is 13.7. The molecule has 0 aliphatic rings. The first-order valence-electron chi connectivity index (χ1n) is 8.70. The Kier molecular flexibility index (Phi) is 25.7. The van der Waals surface area contributed by atoms with Crippen LogP contribution in [-0.4, -0.2) is 37.0 Å². The molecule has 1 aromatic rings. The molecule has 165 valence electrons. The minimum absolute atomic E-state index is 0.446. The zero-order valence-corrected chi connectivity index (χ0v) is 21.1. The molecule has 0 bridgehead atoms. The molecule has 0 nitrogen and oxygen atoms in total. The number of benzene rings is 1. The van der Waals surface area contributed by atoms with Gasteiger partial charge in [0.05, 0.1) is 29.1 Å². The Balaban J connectivity index is -0.000000319. The van der Waals surface area contributed by atoms with E-state index < -0.39 is 29.1 Å². The van der Waals surface area contributed by atoms with Gasteiger partial charge in [-0.1, -0.05) is 41.5 Å². The van der Waals surface area contributed by atoms with Crippen molar-refractivity contribution in [2.75, 3.05) is 37.0 Å². The average Bonchev–Trinajstić information content (AvgIpc) is 2.70. The molecule has 0 fully saturated rings. The van der Waals surface area contributed by atoms with E-state index in [0.717, 1.165) is 6.07 Å². The maximum absolute atomic E-state index is 12.0. The summed E-state index contributed by atoms with van der Waals surface area (Å²) in [5.74, 6) is -10.0. The van der Waals surface area contributed by atoms with Crippen LogP contribution in [0.3, 0.4) is 0 Å². The van der Waals surface area contributed by atoms with Crippen molar-refractivity contribution in [2.45, 2.75) is 41.5 Å². The van der Waals surface area contributed by atoms with Crippen LogP contribution in [0.2, 0.25) is 0 Å². The second kappa shape index (κ2) is 21.4. The molecule has 0 aromatic heterocycles. The second-order valence-corrected chi connectivity index (χ2v) is 11.4. The fourth-order valence-electron chi connectivity index (χ4n) is 1.84. The molecule has 1 rings (SSSR count). The van der Waals surface area contributed by atoms with Gasteiger partial charge in [-0.05, 0) is 37.0 Å². The molecule has 0 N–H and O–H groups in total. The van der Waals surface area contributed by atoms with Gasteiger partial charge < -0.3 is 0 Å². The predicted molar refractivity (Wildman–Crippen MR) is 111 cm³/mol. The molecule has 0 atom stereocenters. The van der Waals surface area contributed by atoms with Crippen LogP contribution < -0.4 is 0 Å². The fraction of sp³-hybridized carbons (Fsp3) is 0.667. The summed E-state index contributed by atoms with van der Waals surface area (Å²) >= 11 is 6.25. The van der Waals surface area contributed by atoms with Crippen molar-refractivity contribution in [1.29, 1.82) is 0 Å². The number of hydrogen-bond donors (Lipinski definition) is 0. The molecule has 0 aliphatic heterocycles. The Morgan fingerprint density at radius 2 is 0.815 bits per heavy atom. The molecule has 0 heterocycles. The van der Waals surface area contributed by atoms with Crippen LogP contribution >= 0.6 is 30.1 Å². The SMILES string of the molecule is CCP(CC)CC.CCP(CC)CC.Fc1[c-]c(F)c(F)c(F)c1F.[Ni][Br]. The summed E-state index contributed by atoms with van der Waals surface area (Å²) in [7, 11) is 0.892. The van der Waals surface area contributed by atoms with Gasteiger partial charge >= 0.3 is 27.9 Å². The van der Waals surface area contributed by atoms with E-state index >= 15 is 0 Å². The summed E-state index contributed by atoms with van der Waals surface area (Å²) in [5, 5.41) is 0. The third kappa shape index (κ3) is 15.2. The van der Waals surface area contributed by atoms with E-state index in [4.69, 9.17) is 0 Å². The first kappa shape index (κ1) is 32.4. The van der Waals surface area contributed by atoms with Crippen LogP contribution in [0.4, 0.5) is 22.0 Å². The van der Waals surface area contributed by atoms with Crippen molar-refractivity contribution in [3.8, 4) is 0 Å². The fourth-order valence-corrected chi connectivity index (χ4v) is 4.52. The van der Waals surface area contributed by atoms with Gasteiger partial charge in [0.15, 0.2) is 0 Å². The Labute approximate surface area is 179 Å². The van der Waals surface area contributed by atoms with E-state index in [-0.39, 0.29) is 0 Å². The quantitative estimate of drug-likeness (QED) is 0.0853. The summed E-state index contributed by atoms with van der Waals surface area (Å²) in [6.07, 6.45) is 8.51. The molecular weight excluding hydrogens is 512 g/mol. The van der Waals surface area contributed by atoms with Gasteiger partial charge in [0.2, 0.25) is 0 Å². The van der Waals surface area contributed by atoms with E-state index in [9.17, 15) is 22.0 Å². The van der Waals surface area contributed by atoms with Gasteiger partial charge in [0.1, 0.15) is 0 Å². The second-order valence-electron chi connectivity index (χ2n) is 4.93. The van der Waals surface area contributed by atoms with E-state index in [1.54, 1.807) is 0 Å². The normalized spacial score (nSPS) is 9.78. The molecule has 27 heavy (non-hydrogen) atoms. The Morgan fingerprint density at radius 3 is 0.963 bits per heavy atom. The number of rotatable bonds is 6. The van der Waals surface area contributed by atoms with Crippen molar-refractivity contribution in [3.63, 3.8) is 0 Å². The van der Waals surface area contributed by atoms with Gasteiger partial charge in [0, 0.05) is 0 Å². The van der Waals surface area contributed by atoms with E-state index in [1.807, 2.05) is 0 Å². The Hall–Kier alpha value is 0.704. The average molecular weight is 542 g/mol. The van der Waals surface area contributed by atoms with Gasteiger partial charge in [0.25, 0.3) is 0 Å². The molecule has 0 saturated carbocycles. The molecule has 0 radical (unpaired) electrons. The summed E-state index contributed by atoms with van der Waals surface area (Å²) in [6, 6.07) is 1.02. The zero-order valence-electron chi connectivity index (χ0n) is 16.7. The van der Waals surface area contributed by atoms with Crippen molar-refractivity contribution < 1.29 is 35.6 Å². The third-order valence-corrected chi connectivity index (χ3v) is 9.04. The molecular formula is C18H30BrF5NiP2-. The van der Waals surface area contributed by atoms with Crippen molar-refractivity contribution in [3.05, 3.63) is 35.2 Å². The van der Waals surface area contributed by atoms with Crippen LogP contribution in [0.25, 0.3) is 0 Å². The van der Waals surface area contributed by atoms with Gasteiger partial charge in [-0.3, -0.25) is 8.78 Å². The van der Waals surface area contributed by atoms with Crippen LogP contribution in [0.5, 0.6) is 0 Å². The van der Waals surface area contributed by atoms with Crippen LogP contribution in [0, 0.1) is 35.2 Å². The third-order valence-electron chi connectivity index (χ3n) is 3.67. The van der Waals surface area contributed by atoms with Gasteiger partial charge in [-0.15, -0.1) is 21.9 Å². The monoisotopic (exact) mass is 540 g/mol. The van der Waals surface area contributed by atoms with E-state index in [2.05, 4.69) is 69.5 Å². The molecule has 0 unspecified atom stereocenters. The summed E-state index contributed by atoms with van der Waals surface area (Å²) < 4.78 is 59.9. The maximum atomic E-state index is 12.0. The van der Waals surface area contributed by atoms with Crippen LogP contribution in [0.1, 0.15) is 41.5 Å². The Bertz CT molecular complexity index is 424. The van der Waals surface area contributed by atoms with E-state index in [1.165, 1.54) is 37.0 Å².